The number of hydrogen-bond acceptors (Lipinski definition) is 6. The molecule has 7 heteroatoms. The number of aromatic nitrogens is 4. The molecule has 0 spiro atoms. The van der Waals surface area contributed by atoms with Crippen LogP contribution in [0.5, 0.6) is 5.75 Å². The number of methoxy groups -OCH3 is 1. The molecule has 0 bridgehead atoms. The Bertz CT molecular complexity index is 962. The van der Waals surface area contributed by atoms with Crippen molar-refractivity contribution in [1.82, 2.24) is 24.8 Å². The van der Waals surface area contributed by atoms with Crippen molar-refractivity contribution in [3.63, 3.8) is 0 Å². The van der Waals surface area contributed by atoms with Gasteiger partial charge in [-0.2, -0.15) is 0 Å². The molecule has 0 radical (unpaired) electrons. The molecule has 0 aliphatic carbocycles. The van der Waals surface area contributed by atoms with Crippen molar-refractivity contribution < 1.29 is 9.53 Å². The lowest BCUT2D eigenvalue weighted by molar-refractivity contribution is 0.0759. The molecule has 1 amide bonds. The zero-order chi connectivity index (χ0) is 18.6. The molecule has 0 saturated carbocycles. The molecular formula is C20H19N5O2. The molecule has 1 aliphatic heterocycles. The number of ether oxygens (including phenoxy) is 1. The number of carbonyl (C=O) groups is 1. The van der Waals surface area contributed by atoms with Gasteiger partial charge in [0.25, 0.3) is 5.91 Å². The van der Waals surface area contributed by atoms with E-state index in [0.717, 1.165) is 22.5 Å². The molecule has 4 rings (SSSR count). The number of hydrogen-bond donors (Lipinski definition) is 0. The van der Waals surface area contributed by atoms with Gasteiger partial charge in [-0.1, -0.05) is 0 Å². The molecule has 0 atom stereocenters. The summed E-state index contributed by atoms with van der Waals surface area (Å²) in [5, 5.41) is 0. The zero-order valence-corrected chi connectivity index (χ0v) is 15.0. The Morgan fingerprint density at radius 2 is 1.93 bits per heavy atom. The van der Waals surface area contributed by atoms with Crippen molar-refractivity contribution in [2.24, 2.45) is 0 Å². The Balaban J connectivity index is 1.61. The fraction of sp³-hybridized carbons (Fsp3) is 0.250. The molecule has 136 valence electrons. The molecule has 0 aromatic carbocycles. The Labute approximate surface area is 157 Å². The van der Waals surface area contributed by atoms with Gasteiger partial charge in [-0.3, -0.25) is 14.8 Å². The lowest BCUT2D eigenvalue weighted by Crippen LogP contribution is -2.33. The third kappa shape index (κ3) is 3.36. The summed E-state index contributed by atoms with van der Waals surface area (Å²) in [6, 6.07) is 5.58. The molecule has 3 aromatic heterocycles. The lowest BCUT2D eigenvalue weighted by Gasteiger charge is -2.21. The Kier molecular flexibility index (Phi) is 4.74. The molecule has 3 aromatic rings. The second-order valence-electron chi connectivity index (χ2n) is 6.26. The van der Waals surface area contributed by atoms with E-state index in [2.05, 4.69) is 19.9 Å². The van der Waals surface area contributed by atoms with Crippen LogP contribution in [-0.2, 0) is 12.8 Å². The van der Waals surface area contributed by atoms with Crippen LogP contribution in [0.4, 0.5) is 0 Å². The predicted molar refractivity (Wildman–Crippen MR) is 99.4 cm³/mol. The van der Waals surface area contributed by atoms with Crippen molar-refractivity contribution in [3.05, 3.63) is 66.1 Å². The maximum absolute atomic E-state index is 13.0. The first-order chi connectivity index (χ1) is 13.3. The smallest absolute Gasteiger partial charge is 0.257 e. The second kappa shape index (κ2) is 7.49. The quantitative estimate of drug-likeness (QED) is 0.711. The van der Waals surface area contributed by atoms with Crippen LogP contribution in [0.2, 0.25) is 0 Å². The Hall–Kier alpha value is -3.35. The average molecular weight is 361 g/mol. The first-order valence-corrected chi connectivity index (χ1v) is 8.78. The van der Waals surface area contributed by atoms with E-state index in [-0.39, 0.29) is 5.91 Å². The van der Waals surface area contributed by atoms with E-state index < -0.39 is 0 Å². The molecule has 0 unspecified atom stereocenters. The molecule has 1 aliphatic rings. The van der Waals surface area contributed by atoms with E-state index in [0.29, 0.717) is 37.2 Å². The van der Waals surface area contributed by atoms with Crippen LogP contribution in [-0.4, -0.2) is 50.9 Å². The van der Waals surface area contributed by atoms with Crippen molar-refractivity contribution in [2.45, 2.75) is 12.8 Å². The van der Waals surface area contributed by atoms with Crippen LogP contribution in [0.3, 0.4) is 0 Å². The standard InChI is InChI=1S/C20H19N5O2/c1-27-18-12-22-8-4-16(18)20(26)25-9-5-15-17(6-10-25)23-13-24-19(15)14-3-2-7-21-11-14/h2-4,7-8,11-13H,5-6,9-10H2,1H3. The van der Waals surface area contributed by atoms with Crippen LogP contribution in [0.15, 0.2) is 49.3 Å². The van der Waals surface area contributed by atoms with E-state index >= 15 is 0 Å². The lowest BCUT2D eigenvalue weighted by atomic mass is 10.0. The average Bonchev–Trinajstić information content (AvgIpc) is 2.96. The van der Waals surface area contributed by atoms with Crippen molar-refractivity contribution in [3.8, 4) is 17.0 Å². The monoisotopic (exact) mass is 361 g/mol. The van der Waals surface area contributed by atoms with Gasteiger partial charge >= 0.3 is 0 Å². The fourth-order valence-corrected chi connectivity index (χ4v) is 3.37. The summed E-state index contributed by atoms with van der Waals surface area (Å²) in [4.78, 5) is 32.0. The SMILES string of the molecule is COc1cnccc1C(=O)N1CCc2ncnc(-c3cccnc3)c2CC1. The number of nitrogens with zero attached hydrogens (tertiary/aromatic N) is 5. The molecule has 4 heterocycles. The molecule has 0 saturated heterocycles. The summed E-state index contributed by atoms with van der Waals surface area (Å²) >= 11 is 0. The fourth-order valence-electron chi connectivity index (χ4n) is 3.37. The van der Waals surface area contributed by atoms with Crippen molar-refractivity contribution in [2.75, 3.05) is 20.2 Å². The first-order valence-electron chi connectivity index (χ1n) is 8.78. The van der Waals surface area contributed by atoms with Gasteiger partial charge in [-0.05, 0) is 24.6 Å². The van der Waals surface area contributed by atoms with Crippen LogP contribution in [0.1, 0.15) is 21.6 Å². The maximum atomic E-state index is 13.0. The minimum atomic E-state index is -0.0575. The minimum Gasteiger partial charge on any atom is -0.494 e. The van der Waals surface area contributed by atoms with Crippen molar-refractivity contribution in [1.29, 1.82) is 0 Å². The summed E-state index contributed by atoms with van der Waals surface area (Å²) in [6.07, 6.45) is 9.68. The van der Waals surface area contributed by atoms with E-state index in [1.54, 1.807) is 44.3 Å². The predicted octanol–water partition coefficient (Wildman–Crippen LogP) is 2.18. The molecule has 7 nitrogen and oxygen atoms in total. The van der Waals surface area contributed by atoms with Gasteiger partial charge in [-0.25, -0.2) is 9.97 Å². The van der Waals surface area contributed by atoms with Crippen LogP contribution in [0, 0.1) is 0 Å². The maximum Gasteiger partial charge on any atom is 0.257 e. The molecule has 27 heavy (non-hydrogen) atoms. The highest BCUT2D eigenvalue weighted by Gasteiger charge is 2.24. The summed E-state index contributed by atoms with van der Waals surface area (Å²) < 4.78 is 5.29. The van der Waals surface area contributed by atoms with Crippen LogP contribution >= 0.6 is 0 Å². The van der Waals surface area contributed by atoms with Gasteiger partial charge in [0, 0.05) is 54.9 Å². The number of amides is 1. The summed E-state index contributed by atoms with van der Waals surface area (Å²) in [5.74, 6) is 0.429. The van der Waals surface area contributed by atoms with Gasteiger partial charge in [0.15, 0.2) is 0 Å². The van der Waals surface area contributed by atoms with Gasteiger partial charge in [0.1, 0.15) is 12.1 Å². The third-order valence-electron chi connectivity index (χ3n) is 4.74. The zero-order valence-electron chi connectivity index (χ0n) is 15.0. The topological polar surface area (TPSA) is 81.1 Å². The van der Waals surface area contributed by atoms with E-state index in [4.69, 9.17) is 4.74 Å². The number of fused-ring (bicyclic) bond motifs is 1. The highest BCUT2D eigenvalue weighted by molar-refractivity contribution is 5.96. The Morgan fingerprint density at radius 1 is 1.07 bits per heavy atom. The summed E-state index contributed by atoms with van der Waals surface area (Å²) in [5.41, 5.74) is 4.45. The molecule has 0 N–H and O–H groups in total. The van der Waals surface area contributed by atoms with Crippen molar-refractivity contribution >= 4 is 5.91 Å². The highest BCUT2D eigenvalue weighted by Crippen LogP contribution is 2.26. The largest absolute Gasteiger partial charge is 0.494 e. The number of pyridine rings is 2. The van der Waals surface area contributed by atoms with Crippen LogP contribution < -0.4 is 4.74 Å². The highest BCUT2D eigenvalue weighted by atomic mass is 16.5. The third-order valence-corrected chi connectivity index (χ3v) is 4.74. The van der Waals surface area contributed by atoms with Gasteiger partial charge in [-0.15, -0.1) is 0 Å². The van der Waals surface area contributed by atoms with E-state index in [1.165, 1.54) is 0 Å². The van der Waals surface area contributed by atoms with Gasteiger partial charge < -0.3 is 9.64 Å². The Morgan fingerprint density at radius 3 is 2.74 bits per heavy atom. The van der Waals surface area contributed by atoms with E-state index in [1.807, 2.05) is 17.0 Å². The van der Waals surface area contributed by atoms with Crippen LogP contribution in [0.25, 0.3) is 11.3 Å². The number of rotatable bonds is 3. The summed E-state index contributed by atoms with van der Waals surface area (Å²) in [6.45, 7) is 1.19. The van der Waals surface area contributed by atoms with Gasteiger partial charge in [0.2, 0.25) is 0 Å². The van der Waals surface area contributed by atoms with Gasteiger partial charge in [0.05, 0.1) is 24.6 Å². The number of carbonyl (C=O) groups excluding carboxylic acids is 1. The molecular weight excluding hydrogens is 342 g/mol. The minimum absolute atomic E-state index is 0.0575. The molecule has 0 fully saturated rings. The van der Waals surface area contributed by atoms with E-state index in [9.17, 15) is 4.79 Å². The summed E-state index contributed by atoms with van der Waals surface area (Å²) in [7, 11) is 1.54. The normalized spacial score (nSPS) is 13.6. The second-order valence-corrected chi connectivity index (χ2v) is 6.26. The first kappa shape index (κ1) is 17.1.